The van der Waals surface area contributed by atoms with E-state index < -0.39 is 17.6 Å². The zero-order valence-electron chi connectivity index (χ0n) is 20.6. The quantitative estimate of drug-likeness (QED) is 0.300. The van der Waals surface area contributed by atoms with Crippen LogP contribution >= 0.6 is 22.6 Å². The molecule has 1 fully saturated rings. The molecular weight excluding hydrogens is 547 g/mol. The van der Waals surface area contributed by atoms with Crippen LogP contribution in [0.25, 0.3) is 0 Å². The van der Waals surface area contributed by atoms with Gasteiger partial charge in [0.05, 0.1) is 6.10 Å². The Morgan fingerprint density at radius 2 is 1.85 bits per heavy atom. The lowest BCUT2D eigenvalue weighted by Crippen LogP contribution is -2.35. The summed E-state index contributed by atoms with van der Waals surface area (Å²) in [5.74, 6) is -2.70. The van der Waals surface area contributed by atoms with Gasteiger partial charge in [0.1, 0.15) is 11.7 Å². The van der Waals surface area contributed by atoms with Crippen molar-refractivity contribution in [3.63, 3.8) is 0 Å². The third-order valence-electron chi connectivity index (χ3n) is 7.90. The van der Waals surface area contributed by atoms with Gasteiger partial charge in [0, 0.05) is 44.5 Å². The molecule has 1 spiro atoms. The molecule has 2 aromatic rings. The summed E-state index contributed by atoms with van der Waals surface area (Å²) in [5, 5.41) is 11.4. The number of benzene rings is 1. The van der Waals surface area contributed by atoms with Crippen molar-refractivity contribution in [1.29, 1.82) is 0 Å². The fraction of sp³-hybridized carbons (Fsp3) is 0.607. The average molecular weight is 581 g/mol. The van der Waals surface area contributed by atoms with Gasteiger partial charge in [-0.15, -0.1) is 0 Å². The average Bonchev–Trinajstić information content (AvgIpc) is 3.27. The fourth-order valence-corrected chi connectivity index (χ4v) is 7.56. The van der Waals surface area contributed by atoms with Crippen molar-refractivity contribution < 1.29 is 18.6 Å². The van der Waals surface area contributed by atoms with Gasteiger partial charge in [-0.25, -0.2) is 8.78 Å². The number of aromatic nitrogens is 1. The second-order valence-electron chi connectivity index (χ2n) is 11.6. The summed E-state index contributed by atoms with van der Waals surface area (Å²) in [4.78, 5) is 5.18. The van der Waals surface area contributed by atoms with Gasteiger partial charge in [0.25, 0.3) is 5.92 Å². The Morgan fingerprint density at radius 3 is 2.41 bits per heavy atom. The number of rotatable bonds is 3. The fourth-order valence-electron chi connectivity index (χ4n) is 6.35. The molecule has 4 unspecified atom stereocenters. The van der Waals surface area contributed by atoms with Gasteiger partial charge < -0.3 is 9.84 Å². The summed E-state index contributed by atoms with van der Waals surface area (Å²) in [6.07, 6.45) is 3.61. The number of alkyl halides is 3. The maximum atomic E-state index is 13.9. The lowest BCUT2D eigenvalue weighted by Gasteiger charge is -2.39. The molecule has 0 amide bonds. The van der Waals surface area contributed by atoms with Gasteiger partial charge in [0.15, 0.2) is 0 Å². The molecule has 6 heteroatoms. The van der Waals surface area contributed by atoms with Crippen LogP contribution in [0.4, 0.5) is 8.78 Å². The standard InChI is InChI=1S/C28H34F2INO2/c1-15(2)24-22-23(21-18(32-24)13-26(3,4)14-19(21)33)28(12-6-7-20(28)31)34-25(22)16-8-10-17(11-9-16)27(5,29)30/h8-11,15,19-20,25,33H,6-7,12-14H2,1-5H3. The molecule has 1 N–H and O–H groups in total. The van der Waals surface area contributed by atoms with Gasteiger partial charge in [-0.3, -0.25) is 4.98 Å². The zero-order chi connectivity index (χ0) is 24.6. The molecule has 34 heavy (non-hydrogen) atoms. The molecule has 4 atom stereocenters. The molecule has 2 aliphatic carbocycles. The van der Waals surface area contributed by atoms with Gasteiger partial charge >= 0.3 is 0 Å². The van der Waals surface area contributed by atoms with Crippen LogP contribution in [0.3, 0.4) is 0 Å². The number of aliphatic hydroxyl groups excluding tert-OH is 1. The maximum Gasteiger partial charge on any atom is 0.270 e. The van der Waals surface area contributed by atoms with Gasteiger partial charge in [-0.2, -0.15) is 0 Å². The highest BCUT2D eigenvalue weighted by Crippen LogP contribution is 2.61. The summed E-state index contributed by atoms with van der Waals surface area (Å²) in [7, 11) is 0. The van der Waals surface area contributed by atoms with Crippen LogP contribution in [-0.2, 0) is 22.7 Å². The van der Waals surface area contributed by atoms with E-state index in [2.05, 4.69) is 50.3 Å². The van der Waals surface area contributed by atoms with E-state index in [0.29, 0.717) is 6.42 Å². The first-order valence-electron chi connectivity index (χ1n) is 12.4. The predicted molar refractivity (Wildman–Crippen MR) is 138 cm³/mol. The molecular formula is C28H34F2INO2. The van der Waals surface area contributed by atoms with E-state index in [-0.39, 0.29) is 26.9 Å². The minimum Gasteiger partial charge on any atom is -0.388 e. The number of ether oxygens (including phenoxy) is 1. The SMILES string of the molecule is CC(C)c1nc2c(c3c1C(c1ccc(C(C)(F)F)cc1)OC31CCCC1I)C(O)CC(C)(C)C2. The molecule has 5 rings (SSSR count). The van der Waals surface area contributed by atoms with Crippen molar-refractivity contribution >= 4 is 22.6 Å². The normalized spacial score (nSPS) is 30.1. The molecule has 0 bridgehead atoms. The van der Waals surface area contributed by atoms with Crippen LogP contribution in [0, 0.1) is 5.41 Å². The number of nitrogens with zero attached hydrogens (tertiary/aromatic N) is 1. The number of fused-ring (bicyclic) bond motifs is 4. The number of halogens is 3. The van der Waals surface area contributed by atoms with E-state index in [1.807, 2.05) is 0 Å². The predicted octanol–water partition coefficient (Wildman–Crippen LogP) is 7.62. The lowest BCUT2D eigenvalue weighted by molar-refractivity contribution is -0.0517. The Kier molecular flexibility index (Phi) is 5.93. The van der Waals surface area contributed by atoms with Crippen molar-refractivity contribution in [3.8, 4) is 0 Å². The van der Waals surface area contributed by atoms with Gasteiger partial charge in [-0.05, 0) is 49.0 Å². The number of aliphatic hydroxyl groups is 1. The molecule has 3 aliphatic rings. The van der Waals surface area contributed by atoms with Crippen molar-refractivity contribution in [2.75, 3.05) is 0 Å². The monoisotopic (exact) mass is 581 g/mol. The maximum absolute atomic E-state index is 13.9. The molecule has 1 aromatic carbocycles. The second kappa shape index (κ2) is 8.20. The second-order valence-corrected chi connectivity index (χ2v) is 13.1. The molecule has 0 saturated heterocycles. The van der Waals surface area contributed by atoms with E-state index in [1.165, 1.54) is 12.1 Å². The van der Waals surface area contributed by atoms with E-state index in [4.69, 9.17) is 9.72 Å². The third kappa shape index (κ3) is 3.83. The van der Waals surface area contributed by atoms with Gasteiger partial charge in [-0.1, -0.05) is 74.6 Å². The summed E-state index contributed by atoms with van der Waals surface area (Å²) in [6, 6.07) is 6.58. The van der Waals surface area contributed by atoms with E-state index in [9.17, 15) is 13.9 Å². The van der Waals surface area contributed by atoms with E-state index >= 15 is 0 Å². The van der Waals surface area contributed by atoms with Crippen LogP contribution in [0.1, 0.15) is 118 Å². The van der Waals surface area contributed by atoms with E-state index in [0.717, 1.165) is 66.2 Å². The number of hydrogen-bond donors (Lipinski definition) is 1. The highest BCUT2D eigenvalue weighted by atomic mass is 127. The Bertz CT molecular complexity index is 1110. The van der Waals surface area contributed by atoms with Crippen LogP contribution in [-0.4, -0.2) is 14.0 Å². The first-order valence-corrected chi connectivity index (χ1v) is 13.6. The zero-order valence-corrected chi connectivity index (χ0v) is 22.7. The minimum absolute atomic E-state index is 0.00196. The van der Waals surface area contributed by atoms with Gasteiger partial charge in [0.2, 0.25) is 0 Å². The smallest absolute Gasteiger partial charge is 0.270 e. The Morgan fingerprint density at radius 1 is 1.18 bits per heavy atom. The first kappa shape index (κ1) is 24.6. The molecule has 184 valence electrons. The summed E-state index contributed by atoms with van der Waals surface area (Å²) in [6.45, 7) is 9.62. The summed E-state index contributed by atoms with van der Waals surface area (Å²) < 4.78 is 35.1. The summed E-state index contributed by atoms with van der Waals surface area (Å²) in [5.41, 5.74) is 5.58. The van der Waals surface area contributed by atoms with Crippen LogP contribution < -0.4 is 0 Å². The minimum atomic E-state index is -2.88. The Labute approximate surface area is 214 Å². The molecule has 0 radical (unpaired) electrons. The third-order valence-corrected chi connectivity index (χ3v) is 9.53. The number of hydrogen-bond acceptors (Lipinski definition) is 3. The highest BCUT2D eigenvalue weighted by molar-refractivity contribution is 14.1. The van der Waals surface area contributed by atoms with Crippen LogP contribution in [0.15, 0.2) is 24.3 Å². The van der Waals surface area contributed by atoms with Crippen LogP contribution in [0.2, 0.25) is 0 Å². The van der Waals surface area contributed by atoms with Crippen LogP contribution in [0.5, 0.6) is 0 Å². The first-order chi connectivity index (χ1) is 15.8. The molecule has 1 aromatic heterocycles. The summed E-state index contributed by atoms with van der Waals surface area (Å²) >= 11 is 2.52. The molecule has 3 nitrogen and oxygen atoms in total. The molecule has 2 heterocycles. The van der Waals surface area contributed by atoms with Crippen molar-refractivity contribution in [1.82, 2.24) is 4.98 Å². The highest BCUT2D eigenvalue weighted by Gasteiger charge is 2.56. The van der Waals surface area contributed by atoms with Crippen molar-refractivity contribution in [2.45, 2.75) is 100 Å². The van der Waals surface area contributed by atoms with E-state index in [1.54, 1.807) is 12.1 Å². The largest absolute Gasteiger partial charge is 0.388 e. The lowest BCUT2D eigenvalue weighted by atomic mass is 9.70. The van der Waals surface area contributed by atoms with Crippen molar-refractivity contribution in [2.24, 2.45) is 5.41 Å². The number of pyridine rings is 1. The Hall–Kier alpha value is -1.12. The molecule has 1 saturated carbocycles. The Balaban J connectivity index is 1.76. The topological polar surface area (TPSA) is 42.4 Å². The molecule has 1 aliphatic heterocycles. The van der Waals surface area contributed by atoms with Crippen molar-refractivity contribution in [3.05, 3.63) is 63.5 Å².